The Kier molecular flexibility index (Phi) is 0.306. The molecule has 0 unspecified atom stereocenters. The van der Waals surface area contributed by atoms with Crippen molar-refractivity contribution < 1.29 is 25.0 Å². The fourth-order valence-corrected chi connectivity index (χ4v) is 0.164. The van der Waals surface area contributed by atoms with Gasteiger partial charge in [0.2, 0.25) is 0 Å². The van der Waals surface area contributed by atoms with E-state index in [4.69, 9.17) is 15.1 Å². The normalized spacial score (nSPS) is 38.4. The number of aliphatic hydroxyl groups is 1. The summed E-state index contributed by atoms with van der Waals surface area (Å²) in [6.07, 6.45) is -4.01. The van der Waals surface area contributed by atoms with Crippen LogP contribution in [0.1, 0.15) is 42.0 Å². The molecule has 0 atom stereocenters. The van der Waals surface area contributed by atoms with Crippen molar-refractivity contribution in [2.24, 2.45) is 0 Å². The first-order valence-electron chi connectivity index (χ1n) is 7.18. The largest absolute Gasteiger partial charge is 0.390 e. The van der Waals surface area contributed by atoms with Crippen LogP contribution in [0.15, 0.2) is 0 Å². The molecule has 0 aromatic rings. The minimum atomic E-state index is -4.13. The lowest BCUT2D eigenvalue weighted by Crippen LogP contribution is -2.21. The number of hydrogen-bond donors (Lipinski definition) is 1. The number of ketones is 1. The molecule has 0 rings (SSSR count). The molecule has 0 spiro atoms. The molecule has 0 radical (unpaired) electrons. The molecule has 0 aliphatic rings. The fraction of sp³-hybridized carbons (Fsp3) is 0.833. The van der Waals surface area contributed by atoms with E-state index >= 15 is 0 Å². The first-order chi connectivity index (χ1) is 7.90. The Bertz CT molecular complexity index is 345. The van der Waals surface area contributed by atoms with Crippen molar-refractivity contribution in [3.8, 4) is 0 Å². The summed E-state index contributed by atoms with van der Waals surface area (Å²) in [5, 5.41) is 9.78. The maximum atomic E-state index is 11.4. The second-order valence-electron chi connectivity index (χ2n) is 1.16. The van der Waals surface area contributed by atoms with Crippen molar-refractivity contribution in [2.45, 2.75) is 32.5 Å². The third-order valence-electron chi connectivity index (χ3n) is 0.294. The summed E-state index contributed by atoms with van der Waals surface area (Å²) in [6, 6.07) is 0. The minimum absolute atomic E-state index is 2.28. The zero-order valence-electron chi connectivity index (χ0n) is 14.9. The van der Waals surface area contributed by atoms with Gasteiger partial charge in [-0.15, -0.1) is 0 Å². The molecule has 0 aliphatic carbocycles. The highest BCUT2D eigenvalue weighted by Crippen LogP contribution is 2.06. The van der Waals surface area contributed by atoms with Gasteiger partial charge in [0.1, 0.15) is 5.78 Å². The summed E-state index contributed by atoms with van der Waals surface area (Å²) in [6.45, 7) is -11.3. The highest BCUT2D eigenvalue weighted by molar-refractivity contribution is 5.76. The number of Topliss-reactive ketones (excluding diaryl/α,β-unsaturated/α-hetero) is 1. The van der Waals surface area contributed by atoms with Gasteiger partial charge in [-0.3, -0.25) is 4.79 Å². The zero-order valence-corrected chi connectivity index (χ0v) is 3.86. The fourth-order valence-electron chi connectivity index (χ4n) is 0.164. The second kappa shape index (κ2) is 2.27. The summed E-state index contributed by atoms with van der Waals surface area (Å²) in [7, 11) is 0. The monoisotopic (exact) mass is 127 g/mol. The molecule has 2 heteroatoms. The standard InChI is InChI=1S/C6H12O2/c1-5(7)4-6(2,3)8/h8H,4H2,1-3H3/i1D3,2D3,3D3,4D2. The van der Waals surface area contributed by atoms with Crippen molar-refractivity contribution in [1.29, 1.82) is 0 Å². The minimum Gasteiger partial charge on any atom is -0.390 e. The van der Waals surface area contributed by atoms with Crippen LogP contribution in [0, 0.1) is 0 Å². The smallest absolute Gasteiger partial charge is 0.132 e. The third kappa shape index (κ3) is 5.63. The first kappa shape index (κ1) is 1.08. The van der Waals surface area contributed by atoms with Crippen molar-refractivity contribution in [3.63, 3.8) is 0 Å². The van der Waals surface area contributed by atoms with Gasteiger partial charge < -0.3 is 5.11 Å². The van der Waals surface area contributed by atoms with Crippen molar-refractivity contribution >= 4 is 5.78 Å². The highest BCUT2D eigenvalue weighted by Gasteiger charge is 2.13. The van der Waals surface area contributed by atoms with Crippen LogP contribution in [0.2, 0.25) is 0 Å². The van der Waals surface area contributed by atoms with Crippen molar-refractivity contribution in [1.82, 2.24) is 0 Å². The molecule has 0 aromatic heterocycles. The summed E-state index contributed by atoms with van der Waals surface area (Å²) >= 11 is 0. The molecule has 0 aromatic carbocycles. The molecule has 48 valence electrons. The van der Waals surface area contributed by atoms with E-state index in [1.165, 1.54) is 0 Å². The third-order valence-corrected chi connectivity index (χ3v) is 0.294. The Morgan fingerprint density at radius 2 is 2.62 bits per heavy atom. The molecule has 8 heavy (non-hydrogen) atoms. The lowest BCUT2D eigenvalue weighted by atomic mass is 10.0. The number of rotatable bonds is 2. The van der Waals surface area contributed by atoms with Crippen LogP contribution < -0.4 is 0 Å². The van der Waals surface area contributed by atoms with Crippen LogP contribution in [0.25, 0.3) is 0 Å². The topological polar surface area (TPSA) is 37.3 Å². The molecule has 2 nitrogen and oxygen atoms in total. The number of carbonyl (C=O) groups excluding carboxylic acids is 1. The van der Waals surface area contributed by atoms with E-state index in [1.54, 1.807) is 0 Å². The molecule has 0 heterocycles. The first-order valence-corrected chi connectivity index (χ1v) is 1.68. The molecule has 0 amide bonds. The molecule has 0 saturated carbocycles. The van der Waals surface area contributed by atoms with Crippen LogP contribution in [0.3, 0.4) is 0 Å². The van der Waals surface area contributed by atoms with E-state index < -0.39 is 38.3 Å². The predicted molar refractivity (Wildman–Crippen MR) is 31.6 cm³/mol. The Hall–Kier alpha value is -0.370. The Balaban J connectivity index is 6.15. The Morgan fingerprint density at radius 3 is 3.00 bits per heavy atom. The molecule has 0 bridgehead atoms. The molecule has 0 fully saturated rings. The van der Waals surface area contributed by atoms with Gasteiger partial charge in [-0.05, 0) is 20.6 Å². The van der Waals surface area contributed by atoms with Gasteiger partial charge >= 0.3 is 0 Å². The average molecular weight is 127 g/mol. The quantitative estimate of drug-likeness (QED) is 0.594. The lowest BCUT2D eigenvalue weighted by Gasteiger charge is -2.13. The van der Waals surface area contributed by atoms with Crippen LogP contribution in [-0.4, -0.2) is 16.5 Å². The maximum absolute atomic E-state index is 11.4. The molecule has 0 saturated heterocycles. The molecule has 0 aliphatic heterocycles. The Morgan fingerprint density at radius 1 is 2.00 bits per heavy atom. The number of carbonyl (C=O) groups is 1. The van der Waals surface area contributed by atoms with Crippen molar-refractivity contribution in [3.05, 3.63) is 0 Å². The lowest BCUT2D eigenvalue weighted by molar-refractivity contribution is -0.120. The number of hydrogen-bond acceptors (Lipinski definition) is 2. The summed E-state index contributed by atoms with van der Waals surface area (Å²) in [5.41, 5.74) is -4.13. The average Bonchev–Trinajstić information content (AvgIpc) is 2.09. The van der Waals surface area contributed by atoms with Crippen LogP contribution in [-0.2, 0) is 4.79 Å². The van der Waals surface area contributed by atoms with Gasteiger partial charge in [-0.25, -0.2) is 0 Å². The Labute approximate surface area is 65.0 Å². The zero-order chi connectivity index (χ0) is 16.1. The van der Waals surface area contributed by atoms with Gasteiger partial charge in [0.15, 0.2) is 0 Å². The van der Waals surface area contributed by atoms with E-state index in [0.717, 1.165) is 0 Å². The van der Waals surface area contributed by atoms with Crippen LogP contribution in [0.4, 0.5) is 0 Å². The van der Waals surface area contributed by atoms with Gasteiger partial charge in [-0.1, -0.05) is 0 Å². The summed E-state index contributed by atoms with van der Waals surface area (Å²) in [5.74, 6) is -2.28. The van der Waals surface area contributed by atoms with Gasteiger partial charge in [-0.2, -0.15) is 0 Å². The van der Waals surface area contributed by atoms with Gasteiger partial charge in [0.25, 0.3) is 0 Å². The van der Waals surface area contributed by atoms with E-state index in [9.17, 15) is 9.90 Å². The SMILES string of the molecule is [2H]C([2H])([2H])C(=O)C([2H])([2H])C(O)(C([2H])([2H])[2H])C([2H])([2H])[2H]. The molecular formula is C6H12O2. The summed E-state index contributed by atoms with van der Waals surface area (Å²) in [4.78, 5) is 11.4. The second-order valence-corrected chi connectivity index (χ2v) is 1.16. The van der Waals surface area contributed by atoms with E-state index in [2.05, 4.69) is 0 Å². The predicted octanol–water partition coefficient (Wildman–Crippen LogP) is 0.736. The van der Waals surface area contributed by atoms with Crippen LogP contribution >= 0.6 is 0 Å². The van der Waals surface area contributed by atoms with E-state index in [1.807, 2.05) is 0 Å². The van der Waals surface area contributed by atoms with Gasteiger partial charge in [0, 0.05) is 21.5 Å². The van der Waals surface area contributed by atoms with Crippen LogP contribution in [0.5, 0.6) is 0 Å². The summed E-state index contributed by atoms with van der Waals surface area (Å²) < 4.78 is 76.4. The molecular weight excluding hydrogens is 104 g/mol. The maximum Gasteiger partial charge on any atom is 0.132 e. The van der Waals surface area contributed by atoms with Crippen molar-refractivity contribution in [2.75, 3.05) is 0 Å². The highest BCUT2D eigenvalue weighted by atomic mass is 16.3. The van der Waals surface area contributed by atoms with E-state index in [-0.39, 0.29) is 0 Å². The van der Waals surface area contributed by atoms with Gasteiger partial charge in [0.05, 0.1) is 5.60 Å². The molecule has 1 N–H and O–H groups in total. The van der Waals surface area contributed by atoms with E-state index in [0.29, 0.717) is 0 Å².